The minimum atomic E-state index is 0.511. The van der Waals surface area contributed by atoms with E-state index in [-0.39, 0.29) is 0 Å². The summed E-state index contributed by atoms with van der Waals surface area (Å²) in [5.41, 5.74) is 0. The van der Waals surface area contributed by atoms with Crippen molar-refractivity contribution in [3.63, 3.8) is 0 Å². The van der Waals surface area contributed by atoms with Crippen molar-refractivity contribution in [3.05, 3.63) is 19.8 Å². The molecule has 1 aromatic heterocycles. The van der Waals surface area contributed by atoms with E-state index < -0.39 is 0 Å². The second kappa shape index (κ2) is 4.84. The van der Waals surface area contributed by atoms with Gasteiger partial charge >= 0.3 is 0 Å². The van der Waals surface area contributed by atoms with Gasteiger partial charge in [-0.3, -0.25) is 0 Å². The first-order valence-corrected chi connectivity index (χ1v) is 8.33. The van der Waals surface area contributed by atoms with E-state index in [1.807, 2.05) is 0 Å². The molecule has 3 rings (SSSR count). The summed E-state index contributed by atoms with van der Waals surface area (Å²) in [6.45, 7) is 0. The SMILES string of the molecule is CNC(c1cc(Cl)c(Br)s1)C1C2CCCCC21. The Morgan fingerprint density at radius 2 is 2.06 bits per heavy atom. The molecule has 1 nitrogen and oxygen atoms in total. The molecule has 94 valence electrons. The van der Waals surface area contributed by atoms with Crippen LogP contribution in [0.2, 0.25) is 5.02 Å². The Morgan fingerprint density at radius 1 is 1.41 bits per heavy atom. The Morgan fingerprint density at radius 3 is 2.53 bits per heavy atom. The van der Waals surface area contributed by atoms with Gasteiger partial charge in [-0.25, -0.2) is 0 Å². The van der Waals surface area contributed by atoms with Crippen LogP contribution in [0.4, 0.5) is 0 Å². The number of hydrogen-bond donors (Lipinski definition) is 1. The maximum atomic E-state index is 6.14. The summed E-state index contributed by atoms with van der Waals surface area (Å²) in [6.07, 6.45) is 5.74. The monoisotopic (exact) mass is 333 g/mol. The van der Waals surface area contributed by atoms with Crippen LogP contribution >= 0.6 is 38.9 Å². The molecule has 2 fully saturated rings. The standard InChI is InChI=1S/C13H17BrClNS/c1-16-12(10-6-9(15)13(14)17-10)11-7-4-2-3-5-8(7)11/h6-8,11-12,16H,2-5H2,1H3. The fourth-order valence-corrected chi connectivity index (χ4v) is 5.50. The Kier molecular flexibility index (Phi) is 3.55. The third-order valence-corrected chi connectivity index (χ3v) is 6.95. The van der Waals surface area contributed by atoms with E-state index in [0.29, 0.717) is 6.04 Å². The Hall–Kier alpha value is 0.430. The summed E-state index contributed by atoms with van der Waals surface area (Å²) >= 11 is 11.4. The van der Waals surface area contributed by atoms with Gasteiger partial charge in [-0.1, -0.05) is 24.4 Å². The van der Waals surface area contributed by atoms with Crippen molar-refractivity contribution in [3.8, 4) is 0 Å². The van der Waals surface area contributed by atoms with Crippen LogP contribution in [0.3, 0.4) is 0 Å². The van der Waals surface area contributed by atoms with Gasteiger partial charge in [0.15, 0.2) is 0 Å². The Labute approximate surface area is 120 Å². The summed E-state index contributed by atoms with van der Waals surface area (Å²) < 4.78 is 1.07. The normalized spacial score (nSPS) is 33.2. The van der Waals surface area contributed by atoms with Crippen LogP contribution in [0.25, 0.3) is 0 Å². The predicted octanol–water partition coefficient (Wildman–Crippen LogP) is 4.86. The molecular formula is C13H17BrClNS. The molecule has 2 saturated carbocycles. The second-order valence-corrected chi connectivity index (χ2v) is 8.04. The molecule has 0 bridgehead atoms. The van der Waals surface area contributed by atoms with Crippen LogP contribution in [0.1, 0.15) is 36.6 Å². The largest absolute Gasteiger partial charge is 0.312 e. The molecule has 0 aliphatic heterocycles. The third-order valence-electron chi connectivity index (χ3n) is 4.39. The van der Waals surface area contributed by atoms with Crippen molar-refractivity contribution in [2.24, 2.45) is 17.8 Å². The first-order valence-electron chi connectivity index (χ1n) is 6.34. The summed E-state index contributed by atoms with van der Waals surface area (Å²) in [7, 11) is 2.08. The number of nitrogens with one attached hydrogen (secondary N) is 1. The molecule has 0 radical (unpaired) electrons. The molecule has 0 aromatic carbocycles. The smallest absolute Gasteiger partial charge is 0.0887 e. The molecule has 4 heteroatoms. The van der Waals surface area contributed by atoms with Gasteiger partial charge < -0.3 is 5.32 Å². The number of rotatable bonds is 3. The van der Waals surface area contributed by atoms with Gasteiger partial charge in [0, 0.05) is 10.9 Å². The van der Waals surface area contributed by atoms with E-state index in [4.69, 9.17) is 11.6 Å². The van der Waals surface area contributed by atoms with Crippen LogP contribution in [0, 0.1) is 17.8 Å². The van der Waals surface area contributed by atoms with Gasteiger partial charge in [-0.05, 0) is 59.6 Å². The van der Waals surface area contributed by atoms with Gasteiger partial charge in [-0.2, -0.15) is 0 Å². The van der Waals surface area contributed by atoms with Crippen LogP contribution in [-0.4, -0.2) is 7.05 Å². The summed E-state index contributed by atoms with van der Waals surface area (Å²) in [5.74, 6) is 2.80. The van der Waals surface area contributed by atoms with Gasteiger partial charge in [-0.15, -0.1) is 11.3 Å². The lowest BCUT2D eigenvalue weighted by Gasteiger charge is -2.14. The fraction of sp³-hybridized carbons (Fsp3) is 0.692. The lowest BCUT2D eigenvalue weighted by molar-refractivity contribution is 0.480. The molecule has 1 N–H and O–H groups in total. The highest BCUT2D eigenvalue weighted by atomic mass is 79.9. The summed E-state index contributed by atoms with van der Waals surface area (Å²) in [6, 6.07) is 2.64. The fourth-order valence-electron chi connectivity index (χ4n) is 3.58. The summed E-state index contributed by atoms with van der Waals surface area (Å²) in [4.78, 5) is 1.39. The lowest BCUT2D eigenvalue weighted by Crippen LogP contribution is -2.18. The zero-order chi connectivity index (χ0) is 12.0. The zero-order valence-electron chi connectivity index (χ0n) is 9.88. The molecule has 3 atom stereocenters. The van der Waals surface area contributed by atoms with Crippen LogP contribution in [-0.2, 0) is 0 Å². The average Bonchev–Trinajstić information content (AvgIpc) is 2.95. The van der Waals surface area contributed by atoms with Crippen molar-refractivity contribution in [2.75, 3.05) is 7.05 Å². The van der Waals surface area contributed by atoms with Crippen molar-refractivity contribution >= 4 is 38.9 Å². The molecule has 2 aliphatic rings. The second-order valence-electron chi connectivity index (χ2n) is 5.23. The maximum absolute atomic E-state index is 6.14. The van der Waals surface area contributed by atoms with Crippen molar-refractivity contribution < 1.29 is 0 Å². The number of halogens is 2. The van der Waals surface area contributed by atoms with Crippen LogP contribution < -0.4 is 5.32 Å². The number of fused-ring (bicyclic) bond motifs is 1. The van der Waals surface area contributed by atoms with Crippen molar-refractivity contribution in [2.45, 2.75) is 31.7 Å². The molecule has 0 saturated heterocycles. The van der Waals surface area contributed by atoms with Crippen LogP contribution in [0.15, 0.2) is 9.85 Å². The Bertz CT molecular complexity index is 388. The first kappa shape index (κ1) is 12.5. The van der Waals surface area contributed by atoms with Crippen LogP contribution in [0.5, 0.6) is 0 Å². The number of hydrogen-bond acceptors (Lipinski definition) is 2. The molecular weight excluding hydrogens is 318 g/mol. The molecule has 1 heterocycles. The maximum Gasteiger partial charge on any atom is 0.0887 e. The molecule has 17 heavy (non-hydrogen) atoms. The van der Waals surface area contributed by atoms with E-state index in [2.05, 4.69) is 34.4 Å². The topological polar surface area (TPSA) is 12.0 Å². The quantitative estimate of drug-likeness (QED) is 0.832. The van der Waals surface area contributed by atoms with Crippen molar-refractivity contribution in [1.82, 2.24) is 5.32 Å². The zero-order valence-corrected chi connectivity index (χ0v) is 13.0. The lowest BCUT2D eigenvalue weighted by atomic mass is 10.0. The highest BCUT2D eigenvalue weighted by Crippen LogP contribution is 2.61. The molecule has 2 aliphatic carbocycles. The van der Waals surface area contributed by atoms with Gasteiger partial charge in [0.2, 0.25) is 0 Å². The van der Waals surface area contributed by atoms with Gasteiger partial charge in [0.05, 0.1) is 8.81 Å². The highest BCUT2D eigenvalue weighted by Gasteiger charge is 2.54. The Balaban J connectivity index is 1.80. The predicted molar refractivity (Wildman–Crippen MR) is 77.8 cm³/mol. The highest BCUT2D eigenvalue weighted by molar-refractivity contribution is 9.11. The van der Waals surface area contributed by atoms with Crippen molar-refractivity contribution in [1.29, 1.82) is 0 Å². The van der Waals surface area contributed by atoms with E-state index in [9.17, 15) is 0 Å². The molecule has 0 spiro atoms. The minimum Gasteiger partial charge on any atom is -0.312 e. The molecule has 1 aromatic rings. The van der Waals surface area contributed by atoms with Gasteiger partial charge in [0.1, 0.15) is 0 Å². The molecule has 0 amide bonds. The van der Waals surface area contributed by atoms with E-state index >= 15 is 0 Å². The minimum absolute atomic E-state index is 0.511. The first-order chi connectivity index (χ1) is 8.22. The third kappa shape index (κ3) is 2.20. The van der Waals surface area contributed by atoms with E-state index in [1.54, 1.807) is 11.3 Å². The number of thiophene rings is 1. The average molecular weight is 335 g/mol. The van der Waals surface area contributed by atoms with E-state index in [1.165, 1.54) is 30.6 Å². The van der Waals surface area contributed by atoms with E-state index in [0.717, 1.165) is 26.6 Å². The molecule has 3 unspecified atom stereocenters. The van der Waals surface area contributed by atoms with Gasteiger partial charge in [0.25, 0.3) is 0 Å². The summed E-state index contributed by atoms with van der Waals surface area (Å²) in [5, 5.41) is 4.36.